The lowest BCUT2D eigenvalue weighted by Crippen LogP contribution is -2.15. The molecule has 0 aliphatic carbocycles. The topological polar surface area (TPSA) is 112 Å². The summed E-state index contributed by atoms with van der Waals surface area (Å²) in [6.45, 7) is 5.70. The second kappa shape index (κ2) is 10.5. The number of carbonyl (C=O) groups is 1. The Morgan fingerprint density at radius 1 is 0.935 bits per heavy atom. The Balaban J connectivity index is 0.000000285. The number of nitrogens with two attached hydrogens (primary N) is 1. The molecular formula is C25H24N4O2. The van der Waals surface area contributed by atoms with Crippen molar-refractivity contribution in [2.75, 3.05) is 18.2 Å². The lowest BCUT2D eigenvalue weighted by atomic mass is 10.1. The van der Waals surface area contributed by atoms with Crippen LogP contribution in [0.25, 0.3) is 0 Å². The third-order valence-electron chi connectivity index (χ3n) is 4.55. The van der Waals surface area contributed by atoms with Gasteiger partial charge in [0.1, 0.15) is 17.9 Å². The molecule has 0 aliphatic rings. The van der Waals surface area contributed by atoms with Gasteiger partial charge in [0.15, 0.2) is 0 Å². The number of amides is 1. The monoisotopic (exact) mass is 412 g/mol. The Morgan fingerprint density at radius 2 is 1.55 bits per heavy atom. The number of benzene rings is 3. The molecule has 0 aliphatic heterocycles. The van der Waals surface area contributed by atoms with Crippen LogP contribution in [0.5, 0.6) is 5.75 Å². The molecule has 3 rings (SSSR count). The summed E-state index contributed by atoms with van der Waals surface area (Å²) in [5.74, 6) is 0.228. The van der Waals surface area contributed by atoms with Gasteiger partial charge in [-0.25, -0.2) is 0 Å². The van der Waals surface area contributed by atoms with Gasteiger partial charge in [0, 0.05) is 5.69 Å². The largest absolute Gasteiger partial charge is 0.496 e. The zero-order valence-electron chi connectivity index (χ0n) is 18.0. The van der Waals surface area contributed by atoms with Crippen LogP contribution in [0.4, 0.5) is 11.4 Å². The van der Waals surface area contributed by atoms with Crippen LogP contribution in [0.2, 0.25) is 0 Å². The quantitative estimate of drug-likeness (QED) is 0.595. The molecule has 0 heterocycles. The maximum atomic E-state index is 12.5. The molecule has 1 amide bonds. The van der Waals surface area contributed by atoms with Crippen molar-refractivity contribution in [2.24, 2.45) is 0 Å². The third-order valence-corrected chi connectivity index (χ3v) is 4.55. The number of rotatable bonds is 3. The van der Waals surface area contributed by atoms with Crippen molar-refractivity contribution in [1.29, 1.82) is 10.5 Å². The molecule has 3 N–H and O–H groups in total. The van der Waals surface area contributed by atoms with E-state index in [9.17, 15) is 4.79 Å². The first kappa shape index (κ1) is 23.0. The Morgan fingerprint density at radius 3 is 2.13 bits per heavy atom. The Labute approximate surface area is 182 Å². The van der Waals surface area contributed by atoms with Gasteiger partial charge >= 0.3 is 0 Å². The van der Waals surface area contributed by atoms with Gasteiger partial charge in [-0.1, -0.05) is 24.3 Å². The van der Waals surface area contributed by atoms with Crippen LogP contribution >= 0.6 is 0 Å². The molecule has 0 radical (unpaired) electrons. The Kier molecular flexibility index (Phi) is 7.77. The number of ether oxygens (including phenoxy) is 1. The molecule has 6 heteroatoms. The lowest BCUT2D eigenvalue weighted by molar-refractivity contribution is 0.102. The van der Waals surface area contributed by atoms with Crippen LogP contribution in [-0.4, -0.2) is 13.0 Å². The van der Waals surface area contributed by atoms with Gasteiger partial charge in [0.05, 0.1) is 29.5 Å². The van der Waals surface area contributed by atoms with E-state index in [0.29, 0.717) is 33.8 Å². The number of methoxy groups -OCH3 is 1. The Hall–Kier alpha value is -4.29. The summed E-state index contributed by atoms with van der Waals surface area (Å²) in [5.41, 5.74) is 10.9. The van der Waals surface area contributed by atoms with Gasteiger partial charge in [0.2, 0.25) is 0 Å². The lowest BCUT2D eigenvalue weighted by Gasteiger charge is -2.13. The first-order valence-corrected chi connectivity index (χ1v) is 9.52. The van der Waals surface area contributed by atoms with Crippen molar-refractivity contribution in [3.05, 3.63) is 88.0 Å². The molecule has 156 valence electrons. The van der Waals surface area contributed by atoms with Gasteiger partial charge < -0.3 is 15.8 Å². The van der Waals surface area contributed by atoms with Crippen LogP contribution in [0.15, 0.2) is 54.6 Å². The number of hydrogen-bond donors (Lipinski definition) is 2. The second-order valence-electron chi connectivity index (χ2n) is 6.97. The minimum absolute atomic E-state index is 0.285. The second-order valence-corrected chi connectivity index (χ2v) is 6.97. The van der Waals surface area contributed by atoms with E-state index < -0.39 is 0 Å². The summed E-state index contributed by atoms with van der Waals surface area (Å²) in [7, 11) is 1.53. The zero-order valence-corrected chi connectivity index (χ0v) is 18.0. The van der Waals surface area contributed by atoms with E-state index in [1.165, 1.54) is 7.11 Å². The average Bonchev–Trinajstić information content (AvgIpc) is 2.74. The summed E-state index contributed by atoms with van der Waals surface area (Å²) < 4.78 is 5.24. The van der Waals surface area contributed by atoms with Gasteiger partial charge in [0.25, 0.3) is 5.91 Å². The van der Waals surface area contributed by atoms with Gasteiger partial charge in [-0.05, 0) is 67.8 Å². The number of nitrogens with one attached hydrogen (secondary N) is 1. The van der Waals surface area contributed by atoms with E-state index in [4.69, 9.17) is 21.0 Å². The van der Waals surface area contributed by atoms with Crippen molar-refractivity contribution in [3.8, 4) is 17.9 Å². The van der Waals surface area contributed by atoms with Crippen LogP contribution in [0.1, 0.15) is 38.2 Å². The molecule has 0 bridgehead atoms. The van der Waals surface area contributed by atoms with Crippen LogP contribution < -0.4 is 15.8 Å². The van der Waals surface area contributed by atoms with Crippen LogP contribution in [0, 0.1) is 43.4 Å². The molecule has 31 heavy (non-hydrogen) atoms. The predicted molar refractivity (Wildman–Crippen MR) is 122 cm³/mol. The highest BCUT2D eigenvalue weighted by Gasteiger charge is 2.16. The first-order chi connectivity index (χ1) is 14.8. The summed E-state index contributed by atoms with van der Waals surface area (Å²) >= 11 is 0. The molecule has 0 saturated heterocycles. The fourth-order valence-electron chi connectivity index (χ4n) is 2.93. The molecule has 3 aromatic rings. The molecule has 0 aromatic heterocycles. The van der Waals surface area contributed by atoms with E-state index in [2.05, 4.69) is 11.4 Å². The van der Waals surface area contributed by atoms with Gasteiger partial charge in [-0.15, -0.1) is 0 Å². The third kappa shape index (κ3) is 5.85. The summed E-state index contributed by atoms with van der Waals surface area (Å²) in [5, 5.41) is 20.4. The minimum atomic E-state index is -0.285. The number of aryl methyl sites for hydroxylation is 3. The van der Waals surface area contributed by atoms with Gasteiger partial charge in [-0.2, -0.15) is 10.5 Å². The van der Waals surface area contributed by atoms with E-state index >= 15 is 0 Å². The maximum Gasteiger partial charge on any atom is 0.259 e. The smallest absolute Gasteiger partial charge is 0.259 e. The van der Waals surface area contributed by atoms with Crippen molar-refractivity contribution in [2.45, 2.75) is 20.8 Å². The number of nitrogen functional groups attached to an aromatic ring is 1. The van der Waals surface area contributed by atoms with E-state index in [-0.39, 0.29) is 5.91 Å². The molecule has 0 unspecified atom stereocenters. The molecule has 0 spiro atoms. The van der Waals surface area contributed by atoms with Crippen molar-refractivity contribution in [1.82, 2.24) is 0 Å². The Bertz CT molecular complexity index is 1190. The fourth-order valence-corrected chi connectivity index (χ4v) is 2.93. The summed E-state index contributed by atoms with van der Waals surface area (Å²) in [4.78, 5) is 12.5. The predicted octanol–water partition coefficient (Wildman–Crippen LogP) is 4.88. The number of hydrogen-bond acceptors (Lipinski definition) is 5. The van der Waals surface area contributed by atoms with Crippen LogP contribution in [0.3, 0.4) is 0 Å². The van der Waals surface area contributed by atoms with Crippen molar-refractivity contribution in [3.63, 3.8) is 0 Å². The first-order valence-electron chi connectivity index (χ1n) is 9.52. The standard InChI is InChI=1S/C17H16N2O2.C8H8N2/c1-11-7-8-13(10-18)14(9-11)19-17(20)16-12(2)5-4-6-15(16)21-3;1-6-2-3-7(5-9)8(10)4-6/h4-9H,1-3H3,(H,19,20);2-4H,10H2,1H3. The van der Waals surface area contributed by atoms with E-state index in [1.54, 1.807) is 30.3 Å². The average molecular weight is 412 g/mol. The maximum absolute atomic E-state index is 12.5. The van der Waals surface area contributed by atoms with Gasteiger partial charge in [-0.3, -0.25) is 4.79 Å². The van der Waals surface area contributed by atoms with E-state index in [0.717, 1.165) is 16.7 Å². The molecule has 0 atom stereocenters. The minimum Gasteiger partial charge on any atom is -0.496 e. The normalized spacial score (nSPS) is 9.48. The highest BCUT2D eigenvalue weighted by Crippen LogP contribution is 2.24. The van der Waals surface area contributed by atoms with Crippen molar-refractivity contribution < 1.29 is 9.53 Å². The highest BCUT2D eigenvalue weighted by molar-refractivity contribution is 6.07. The molecular weight excluding hydrogens is 388 g/mol. The highest BCUT2D eigenvalue weighted by atomic mass is 16.5. The summed E-state index contributed by atoms with van der Waals surface area (Å²) in [6, 6.07) is 20.2. The number of nitrogens with zero attached hydrogens (tertiary/aromatic N) is 2. The SMILES string of the molecule is COc1cccc(C)c1C(=O)Nc1cc(C)ccc1C#N.Cc1ccc(C#N)c(N)c1. The molecule has 6 nitrogen and oxygen atoms in total. The molecule has 0 fully saturated rings. The fraction of sp³-hybridized carbons (Fsp3) is 0.160. The zero-order chi connectivity index (χ0) is 23.0. The molecule has 3 aromatic carbocycles. The number of anilines is 2. The van der Waals surface area contributed by atoms with Crippen molar-refractivity contribution >= 4 is 17.3 Å². The molecule has 0 saturated carbocycles. The van der Waals surface area contributed by atoms with Crippen LogP contribution in [-0.2, 0) is 0 Å². The summed E-state index contributed by atoms with van der Waals surface area (Å²) in [6.07, 6.45) is 0. The van der Waals surface area contributed by atoms with E-state index in [1.807, 2.05) is 51.1 Å². The number of carbonyl (C=O) groups excluding carboxylic acids is 1. The number of nitriles is 2.